The molecule has 0 atom stereocenters. The van der Waals surface area contributed by atoms with Crippen LogP contribution in [0.25, 0.3) is 0 Å². The minimum absolute atomic E-state index is 0.224. The summed E-state index contributed by atoms with van der Waals surface area (Å²) < 4.78 is 27.0. The van der Waals surface area contributed by atoms with Crippen molar-refractivity contribution >= 4 is 32.2 Å². The molecule has 0 unspecified atom stereocenters. The highest BCUT2D eigenvalue weighted by Crippen LogP contribution is 2.25. The van der Waals surface area contributed by atoms with Crippen LogP contribution in [0.3, 0.4) is 0 Å². The van der Waals surface area contributed by atoms with E-state index in [9.17, 15) is 8.42 Å². The lowest BCUT2D eigenvalue weighted by atomic mass is 10.3. The summed E-state index contributed by atoms with van der Waals surface area (Å²) in [6, 6.07) is 6.57. The number of anilines is 2. The third-order valence-corrected chi connectivity index (χ3v) is 5.32. The topological polar surface area (TPSA) is 71.1 Å². The van der Waals surface area contributed by atoms with Crippen LogP contribution in [0.5, 0.6) is 0 Å². The van der Waals surface area contributed by atoms with E-state index >= 15 is 0 Å². The first-order valence-electron chi connectivity index (χ1n) is 6.23. The van der Waals surface area contributed by atoms with Gasteiger partial charge in [0, 0.05) is 17.6 Å². The molecule has 1 aromatic heterocycles. The van der Waals surface area contributed by atoms with Gasteiger partial charge in [-0.3, -0.25) is 4.72 Å². The Hall–Kier alpha value is -1.60. The van der Waals surface area contributed by atoms with Gasteiger partial charge in [0.25, 0.3) is 10.0 Å². The van der Waals surface area contributed by atoms with Crippen LogP contribution in [-0.4, -0.2) is 20.4 Å². The van der Waals surface area contributed by atoms with Gasteiger partial charge in [-0.25, -0.2) is 13.4 Å². The van der Waals surface area contributed by atoms with Gasteiger partial charge in [-0.15, -0.1) is 11.3 Å². The summed E-state index contributed by atoms with van der Waals surface area (Å²) in [5, 5.41) is 3.36. The van der Waals surface area contributed by atoms with Crippen LogP contribution in [0.15, 0.2) is 29.2 Å². The van der Waals surface area contributed by atoms with Gasteiger partial charge in [0.1, 0.15) is 0 Å². The fraction of sp³-hybridized carbons (Fsp3) is 0.308. The fourth-order valence-electron chi connectivity index (χ4n) is 1.77. The Bertz CT molecular complexity index is 691. The minimum Gasteiger partial charge on any atom is -0.388 e. The van der Waals surface area contributed by atoms with E-state index in [0.717, 1.165) is 22.7 Å². The van der Waals surface area contributed by atoms with Gasteiger partial charge < -0.3 is 5.32 Å². The first-order chi connectivity index (χ1) is 9.46. The molecule has 2 N–H and O–H groups in total. The van der Waals surface area contributed by atoms with Crippen molar-refractivity contribution in [3.63, 3.8) is 0 Å². The van der Waals surface area contributed by atoms with E-state index in [0.29, 0.717) is 5.13 Å². The zero-order valence-corrected chi connectivity index (χ0v) is 13.2. The molecule has 2 aromatic rings. The summed E-state index contributed by atoms with van der Waals surface area (Å²) >= 11 is 1.35. The average molecular weight is 311 g/mol. The molecule has 7 heteroatoms. The summed E-state index contributed by atoms with van der Waals surface area (Å²) in [4.78, 5) is 5.55. The predicted molar refractivity (Wildman–Crippen MR) is 83.0 cm³/mol. The number of nitrogens with zero attached hydrogens (tertiary/aromatic N) is 1. The third kappa shape index (κ3) is 3.10. The van der Waals surface area contributed by atoms with Crippen LogP contribution in [0.1, 0.15) is 17.5 Å². The van der Waals surface area contributed by atoms with E-state index in [2.05, 4.69) is 15.0 Å². The van der Waals surface area contributed by atoms with Crippen LogP contribution in [0.2, 0.25) is 0 Å². The highest BCUT2D eigenvalue weighted by molar-refractivity contribution is 7.93. The lowest BCUT2D eigenvalue weighted by Crippen LogP contribution is -2.12. The molecule has 1 aromatic carbocycles. The molecule has 0 amide bonds. The van der Waals surface area contributed by atoms with Crippen molar-refractivity contribution in [3.8, 4) is 0 Å². The number of hydrogen-bond acceptors (Lipinski definition) is 5. The molecule has 0 spiro atoms. The second-order valence-electron chi connectivity index (χ2n) is 4.26. The van der Waals surface area contributed by atoms with E-state index < -0.39 is 10.0 Å². The normalized spacial score (nSPS) is 11.3. The molecule has 0 aliphatic rings. The number of rotatable bonds is 5. The van der Waals surface area contributed by atoms with Crippen molar-refractivity contribution < 1.29 is 8.42 Å². The molecule has 1 heterocycles. The van der Waals surface area contributed by atoms with E-state index in [1.54, 1.807) is 31.3 Å². The van der Waals surface area contributed by atoms with Crippen LogP contribution in [-0.2, 0) is 16.4 Å². The number of hydrogen-bond donors (Lipinski definition) is 2. The van der Waals surface area contributed by atoms with E-state index in [1.807, 2.05) is 13.8 Å². The van der Waals surface area contributed by atoms with E-state index in [4.69, 9.17) is 0 Å². The summed E-state index contributed by atoms with van der Waals surface area (Å²) in [7, 11) is -1.80. The van der Waals surface area contributed by atoms with Gasteiger partial charge in [-0.2, -0.15) is 0 Å². The largest absolute Gasteiger partial charge is 0.388 e. The second kappa shape index (κ2) is 5.80. The standard InChI is InChI=1S/C13H17N3O2S2/c1-4-12-9(2)19-13(15-12)16-20(17,18)11-7-5-10(14-3)6-8-11/h5-8,14H,4H2,1-3H3,(H,15,16). The number of aryl methyl sites for hydroxylation is 2. The van der Waals surface area contributed by atoms with Gasteiger partial charge in [0.15, 0.2) is 5.13 Å². The molecular formula is C13H17N3O2S2. The highest BCUT2D eigenvalue weighted by Gasteiger charge is 2.17. The highest BCUT2D eigenvalue weighted by atomic mass is 32.2. The number of nitrogens with one attached hydrogen (secondary N) is 2. The molecule has 0 fully saturated rings. The molecule has 0 aliphatic heterocycles. The average Bonchev–Trinajstić information content (AvgIpc) is 2.78. The molecule has 0 bridgehead atoms. The Labute approximate surface area is 123 Å². The first kappa shape index (κ1) is 14.8. The number of sulfonamides is 1. The van der Waals surface area contributed by atoms with Crippen molar-refractivity contribution in [2.45, 2.75) is 25.2 Å². The zero-order chi connectivity index (χ0) is 14.8. The maximum absolute atomic E-state index is 12.2. The van der Waals surface area contributed by atoms with Crippen LogP contribution >= 0.6 is 11.3 Å². The Balaban J connectivity index is 2.25. The summed E-state index contributed by atoms with van der Waals surface area (Å²) in [5.41, 5.74) is 1.79. The molecule has 0 radical (unpaired) electrons. The van der Waals surface area contributed by atoms with Gasteiger partial charge in [0.2, 0.25) is 0 Å². The van der Waals surface area contributed by atoms with Crippen LogP contribution in [0.4, 0.5) is 10.8 Å². The number of thiazole rings is 1. The molecule has 0 aliphatic carbocycles. The van der Waals surface area contributed by atoms with Crippen molar-refractivity contribution in [2.75, 3.05) is 17.1 Å². The van der Waals surface area contributed by atoms with E-state index in [1.165, 1.54) is 11.3 Å². The smallest absolute Gasteiger partial charge is 0.263 e. The first-order valence-corrected chi connectivity index (χ1v) is 8.53. The van der Waals surface area contributed by atoms with Crippen molar-refractivity contribution in [3.05, 3.63) is 34.8 Å². The molecule has 5 nitrogen and oxygen atoms in total. The fourth-order valence-corrected chi connectivity index (χ4v) is 3.91. The van der Waals surface area contributed by atoms with Crippen LogP contribution in [0, 0.1) is 6.92 Å². The lowest BCUT2D eigenvalue weighted by Gasteiger charge is -2.06. The zero-order valence-electron chi connectivity index (χ0n) is 11.6. The maximum atomic E-state index is 12.2. The molecule has 0 saturated heterocycles. The summed E-state index contributed by atoms with van der Waals surface area (Å²) in [5.74, 6) is 0. The number of aromatic nitrogens is 1. The van der Waals surface area contributed by atoms with E-state index in [-0.39, 0.29) is 4.90 Å². The predicted octanol–water partition coefficient (Wildman–Crippen LogP) is 2.86. The van der Waals surface area contributed by atoms with Crippen molar-refractivity contribution in [2.24, 2.45) is 0 Å². The maximum Gasteiger partial charge on any atom is 0.263 e. The molecule has 108 valence electrons. The lowest BCUT2D eigenvalue weighted by molar-refractivity contribution is 0.601. The minimum atomic E-state index is -3.58. The molecule has 2 rings (SSSR count). The second-order valence-corrected chi connectivity index (χ2v) is 7.14. The number of benzene rings is 1. The van der Waals surface area contributed by atoms with Gasteiger partial charge in [-0.1, -0.05) is 6.92 Å². The Kier molecular flexibility index (Phi) is 4.29. The Morgan fingerprint density at radius 2 is 1.90 bits per heavy atom. The van der Waals surface area contributed by atoms with Gasteiger partial charge >= 0.3 is 0 Å². The molecule has 20 heavy (non-hydrogen) atoms. The molecular weight excluding hydrogens is 294 g/mol. The van der Waals surface area contributed by atoms with Crippen LogP contribution < -0.4 is 10.0 Å². The SMILES string of the molecule is CCc1nc(NS(=O)(=O)c2ccc(NC)cc2)sc1C. The third-order valence-electron chi connectivity index (χ3n) is 2.90. The summed E-state index contributed by atoms with van der Waals surface area (Å²) in [6.45, 7) is 3.94. The van der Waals surface area contributed by atoms with Crippen molar-refractivity contribution in [1.82, 2.24) is 4.98 Å². The quantitative estimate of drug-likeness (QED) is 0.890. The van der Waals surface area contributed by atoms with Gasteiger partial charge in [0.05, 0.1) is 10.6 Å². The Morgan fingerprint density at radius 1 is 1.25 bits per heavy atom. The molecule has 0 saturated carbocycles. The van der Waals surface area contributed by atoms with Crippen molar-refractivity contribution in [1.29, 1.82) is 0 Å². The monoisotopic (exact) mass is 311 g/mol. The van der Waals surface area contributed by atoms with Gasteiger partial charge in [-0.05, 0) is 37.6 Å². The Morgan fingerprint density at radius 3 is 2.40 bits per heavy atom. The summed E-state index contributed by atoms with van der Waals surface area (Å²) in [6.07, 6.45) is 0.793.